The molecule has 0 spiro atoms. The summed E-state index contributed by atoms with van der Waals surface area (Å²) in [6.07, 6.45) is -5.04. The van der Waals surface area contributed by atoms with Crippen molar-refractivity contribution < 1.29 is 23.0 Å². The smallest absolute Gasteiger partial charge is 0.416 e. The van der Waals surface area contributed by atoms with Crippen molar-refractivity contribution in [3.05, 3.63) is 59.7 Å². The minimum absolute atomic E-state index is 0.125. The molecule has 2 aromatic rings. The Hall–Kier alpha value is -2.76. The fourth-order valence-corrected chi connectivity index (χ4v) is 3.24. The molecule has 1 fully saturated rings. The van der Waals surface area contributed by atoms with Crippen LogP contribution in [0.1, 0.15) is 11.1 Å². The van der Waals surface area contributed by atoms with Gasteiger partial charge in [-0.3, -0.25) is 4.90 Å². The molecule has 0 aliphatic carbocycles. The highest BCUT2D eigenvalue weighted by Gasteiger charge is 2.31. The zero-order valence-corrected chi connectivity index (χ0v) is 15.8. The van der Waals surface area contributed by atoms with Gasteiger partial charge in [-0.25, -0.2) is 0 Å². The van der Waals surface area contributed by atoms with Gasteiger partial charge in [-0.1, -0.05) is 6.07 Å². The van der Waals surface area contributed by atoms with Crippen molar-refractivity contribution in [2.75, 3.05) is 44.2 Å². The van der Waals surface area contributed by atoms with Gasteiger partial charge in [0.25, 0.3) is 0 Å². The first-order chi connectivity index (χ1) is 13.8. The molecule has 1 aliphatic rings. The lowest BCUT2D eigenvalue weighted by Gasteiger charge is -2.37. The second kappa shape index (κ2) is 9.16. The van der Waals surface area contributed by atoms with Gasteiger partial charge in [0, 0.05) is 38.4 Å². The molecule has 1 heterocycles. The zero-order valence-electron chi connectivity index (χ0n) is 15.8. The molecule has 8 heteroatoms. The number of halogens is 3. The van der Waals surface area contributed by atoms with E-state index in [0.29, 0.717) is 49.7 Å². The fourth-order valence-electron chi connectivity index (χ4n) is 3.24. The molecule has 1 atom stereocenters. The van der Waals surface area contributed by atoms with Crippen molar-refractivity contribution in [2.45, 2.75) is 12.3 Å². The first kappa shape index (κ1) is 21.0. The number of ether oxygens (including phenoxy) is 1. The second-order valence-corrected chi connectivity index (χ2v) is 6.94. The first-order valence-electron chi connectivity index (χ1n) is 9.31. The Morgan fingerprint density at radius 1 is 1.07 bits per heavy atom. The lowest BCUT2D eigenvalue weighted by Crippen LogP contribution is -2.49. The Labute approximate surface area is 167 Å². The average molecular weight is 405 g/mol. The van der Waals surface area contributed by atoms with Crippen molar-refractivity contribution >= 4 is 5.69 Å². The number of nitriles is 1. The van der Waals surface area contributed by atoms with Crippen LogP contribution in [-0.2, 0) is 6.18 Å². The van der Waals surface area contributed by atoms with E-state index < -0.39 is 17.8 Å². The van der Waals surface area contributed by atoms with E-state index in [1.165, 1.54) is 12.1 Å². The van der Waals surface area contributed by atoms with E-state index in [4.69, 9.17) is 10.00 Å². The normalized spacial score (nSPS) is 16.3. The maximum absolute atomic E-state index is 12.9. The first-order valence-corrected chi connectivity index (χ1v) is 9.31. The van der Waals surface area contributed by atoms with E-state index in [9.17, 15) is 18.3 Å². The number of aliphatic hydroxyl groups excluding tert-OH is 1. The number of β-amino-alcohol motifs (C(OH)–C–C–N with tert-alkyl or cyclic N) is 1. The lowest BCUT2D eigenvalue weighted by molar-refractivity contribution is -0.137. The molecule has 1 saturated heterocycles. The molecule has 1 aliphatic heterocycles. The van der Waals surface area contributed by atoms with Gasteiger partial charge in [0.15, 0.2) is 0 Å². The van der Waals surface area contributed by atoms with E-state index in [2.05, 4.69) is 4.90 Å². The Morgan fingerprint density at radius 3 is 2.38 bits per heavy atom. The van der Waals surface area contributed by atoms with E-state index in [1.54, 1.807) is 30.3 Å². The third-order valence-corrected chi connectivity index (χ3v) is 4.81. The van der Waals surface area contributed by atoms with Crippen molar-refractivity contribution in [2.24, 2.45) is 0 Å². The molecule has 154 valence electrons. The maximum Gasteiger partial charge on any atom is 0.416 e. The number of benzene rings is 2. The number of anilines is 1. The van der Waals surface area contributed by atoms with Crippen molar-refractivity contribution in [3.63, 3.8) is 0 Å². The van der Waals surface area contributed by atoms with Crippen molar-refractivity contribution in [1.82, 2.24) is 4.90 Å². The zero-order chi connectivity index (χ0) is 20.9. The van der Waals surface area contributed by atoms with Gasteiger partial charge in [-0.2, -0.15) is 18.4 Å². The Kier molecular flexibility index (Phi) is 6.62. The van der Waals surface area contributed by atoms with E-state index in [-0.39, 0.29) is 6.61 Å². The van der Waals surface area contributed by atoms with Gasteiger partial charge in [-0.15, -0.1) is 0 Å². The highest BCUT2D eigenvalue weighted by atomic mass is 19.4. The lowest BCUT2D eigenvalue weighted by atomic mass is 10.1. The number of nitrogens with zero attached hydrogens (tertiary/aromatic N) is 3. The molecule has 0 aromatic heterocycles. The Morgan fingerprint density at radius 2 is 1.76 bits per heavy atom. The molecule has 1 unspecified atom stereocenters. The van der Waals surface area contributed by atoms with E-state index in [1.807, 2.05) is 11.0 Å². The van der Waals surface area contributed by atoms with Crippen LogP contribution in [0.3, 0.4) is 0 Å². The van der Waals surface area contributed by atoms with E-state index >= 15 is 0 Å². The van der Waals surface area contributed by atoms with Crippen LogP contribution in [0.2, 0.25) is 0 Å². The van der Waals surface area contributed by atoms with Crippen molar-refractivity contribution in [1.29, 1.82) is 5.26 Å². The van der Waals surface area contributed by atoms with Crippen LogP contribution in [0.25, 0.3) is 0 Å². The second-order valence-electron chi connectivity index (χ2n) is 6.94. The van der Waals surface area contributed by atoms with Crippen LogP contribution in [0.5, 0.6) is 5.75 Å². The van der Waals surface area contributed by atoms with Crippen LogP contribution >= 0.6 is 0 Å². The Balaban J connectivity index is 1.45. The van der Waals surface area contributed by atoms with Crippen LogP contribution in [-0.4, -0.2) is 55.4 Å². The molecule has 3 rings (SSSR count). The highest BCUT2D eigenvalue weighted by molar-refractivity contribution is 5.49. The Bertz CT molecular complexity index is 841. The third-order valence-electron chi connectivity index (χ3n) is 4.81. The van der Waals surface area contributed by atoms with Crippen LogP contribution in [0.15, 0.2) is 48.5 Å². The number of hydrogen-bond acceptors (Lipinski definition) is 5. The minimum Gasteiger partial charge on any atom is -0.491 e. The molecule has 29 heavy (non-hydrogen) atoms. The van der Waals surface area contributed by atoms with Gasteiger partial charge in [0.2, 0.25) is 0 Å². The molecular formula is C21H22F3N3O2. The topological polar surface area (TPSA) is 59.7 Å². The predicted octanol–water partition coefficient (Wildman–Crippen LogP) is 3.14. The van der Waals surface area contributed by atoms with Gasteiger partial charge in [0.1, 0.15) is 18.5 Å². The third kappa shape index (κ3) is 5.86. The number of piperazine rings is 1. The number of alkyl halides is 3. The average Bonchev–Trinajstić information content (AvgIpc) is 2.73. The predicted molar refractivity (Wildman–Crippen MR) is 103 cm³/mol. The number of rotatable bonds is 6. The summed E-state index contributed by atoms with van der Waals surface area (Å²) < 4.78 is 44.2. The molecule has 5 nitrogen and oxygen atoms in total. The summed E-state index contributed by atoms with van der Waals surface area (Å²) in [5, 5.41) is 19.0. The maximum atomic E-state index is 12.9. The van der Waals surface area contributed by atoms with Crippen molar-refractivity contribution in [3.8, 4) is 11.8 Å². The SMILES string of the molecule is N#Cc1ccc(OCC(O)CN2CCN(c3cccc(C(F)(F)F)c3)CC2)cc1. The molecule has 2 aromatic carbocycles. The van der Waals surface area contributed by atoms with E-state index in [0.717, 1.165) is 6.07 Å². The molecular weight excluding hydrogens is 383 g/mol. The monoisotopic (exact) mass is 405 g/mol. The number of hydrogen-bond donors (Lipinski definition) is 1. The van der Waals surface area contributed by atoms with Crippen LogP contribution in [0, 0.1) is 11.3 Å². The molecule has 1 N–H and O–H groups in total. The quantitative estimate of drug-likeness (QED) is 0.800. The van der Waals surface area contributed by atoms with Gasteiger partial charge in [0.05, 0.1) is 17.2 Å². The largest absolute Gasteiger partial charge is 0.491 e. The molecule has 0 saturated carbocycles. The minimum atomic E-state index is -4.35. The summed E-state index contributed by atoms with van der Waals surface area (Å²) in [5.74, 6) is 0.581. The fraction of sp³-hybridized carbons (Fsp3) is 0.381. The summed E-state index contributed by atoms with van der Waals surface area (Å²) in [5.41, 5.74) is 0.452. The standard InChI is InChI=1S/C21H22F3N3O2/c22-21(23,24)17-2-1-3-18(12-17)27-10-8-26(9-11-27)14-19(28)15-29-20-6-4-16(13-25)5-7-20/h1-7,12,19,28H,8-11,14-15H2. The van der Waals surface area contributed by atoms with Crippen LogP contribution < -0.4 is 9.64 Å². The van der Waals surface area contributed by atoms with Gasteiger partial charge in [-0.05, 0) is 42.5 Å². The summed E-state index contributed by atoms with van der Waals surface area (Å²) in [6, 6.07) is 14.0. The molecule has 0 bridgehead atoms. The highest BCUT2D eigenvalue weighted by Crippen LogP contribution is 2.31. The van der Waals surface area contributed by atoms with Crippen LogP contribution in [0.4, 0.5) is 18.9 Å². The van der Waals surface area contributed by atoms with Gasteiger partial charge < -0.3 is 14.7 Å². The summed E-state index contributed by atoms with van der Waals surface area (Å²) >= 11 is 0. The summed E-state index contributed by atoms with van der Waals surface area (Å²) in [7, 11) is 0. The number of aliphatic hydroxyl groups is 1. The van der Waals surface area contributed by atoms with Gasteiger partial charge >= 0.3 is 6.18 Å². The molecule has 0 radical (unpaired) electrons. The summed E-state index contributed by atoms with van der Waals surface area (Å²) in [4.78, 5) is 3.99. The molecule has 0 amide bonds. The summed E-state index contributed by atoms with van der Waals surface area (Å²) in [6.45, 7) is 3.01.